The Bertz CT molecular complexity index is 818. The minimum absolute atomic E-state index is 0.0452. The second-order valence-corrected chi connectivity index (χ2v) is 7.04. The van der Waals surface area contributed by atoms with Gasteiger partial charge in [-0.25, -0.2) is 8.42 Å². The van der Waals surface area contributed by atoms with Crippen LogP contribution in [0.15, 0.2) is 53.4 Å². The third kappa shape index (κ3) is 4.33. The summed E-state index contributed by atoms with van der Waals surface area (Å²) in [5.41, 5.74) is 1.45. The van der Waals surface area contributed by atoms with E-state index >= 15 is 0 Å². The number of hydrogen-bond donors (Lipinski definition) is 2. The Hall–Kier alpha value is -2.38. The minimum atomic E-state index is -4.05. The zero-order chi connectivity index (χ0) is 17.7. The number of sulfonamides is 1. The maximum absolute atomic E-state index is 12.6. The lowest BCUT2D eigenvalue weighted by Crippen LogP contribution is -2.42. The van der Waals surface area contributed by atoms with Crippen LogP contribution in [-0.2, 0) is 21.2 Å². The van der Waals surface area contributed by atoms with E-state index in [1.54, 1.807) is 43.3 Å². The molecule has 0 aliphatic heterocycles. The molecule has 0 aliphatic rings. The van der Waals surface area contributed by atoms with Crippen LogP contribution in [0, 0.1) is 6.92 Å². The summed E-state index contributed by atoms with van der Waals surface area (Å²) in [7, 11) is -2.68. The first kappa shape index (κ1) is 18.0. The number of carboxylic acids is 1. The molecule has 2 rings (SSSR count). The Balaban J connectivity index is 2.31. The standard InChI is InChI=1S/C17H19NO5S/c1-12-8-9-15(23-2)16(10-12)24(21,22)18-14(17(19)20)11-13-6-4-3-5-7-13/h3-10,14,18H,11H2,1-2H3,(H,19,20)/t14-/m1/s1. The molecule has 2 aromatic carbocycles. The van der Waals surface area contributed by atoms with Crippen LogP contribution in [0.1, 0.15) is 11.1 Å². The van der Waals surface area contributed by atoms with Crippen LogP contribution in [0.3, 0.4) is 0 Å². The lowest BCUT2D eigenvalue weighted by atomic mass is 10.1. The molecule has 0 fully saturated rings. The first-order valence-corrected chi connectivity index (χ1v) is 8.75. The first-order chi connectivity index (χ1) is 11.3. The number of ether oxygens (including phenoxy) is 1. The van der Waals surface area contributed by atoms with Crippen molar-refractivity contribution in [2.45, 2.75) is 24.3 Å². The van der Waals surface area contributed by atoms with Crippen LogP contribution in [0.2, 0.25) is 0 Å². The summed E-state index contributed by atoms with van der Waals surface area (Å²) in [5, 5.41) is 9.37. The van der Waals surface area contributed by atoms with Crippen molar-refractivity contribution in [2.24, 2.45) is 0 Å². The van der Waals surface area contributed by atoms with Crippen molar-refractivity contribution in [3.8, 4) is 5.75 Å². The smallest absolute Gasteiger partial charge is 0.322 e. The maximum Gasteiger partial charge on any atom is 0.322 e. The Morgan fingerprint density at radius 1 is 1.21 bits per heavy atom. The highest BCUT2D eigenvalue weighted by Gasteiger charge is 2.28. The van der Waals surface area contributed by atoms with Crippen LogP contribution < -0.4 is 9.46 Å². The number of rotatable bonds is 7. The minimum Gasteiger partial charge on any atom is -0.495 e. The zero-order valence-corrected chi connectivity index (χ0v) is 14.2. The summed E-state index contributed by atoms with van der Waals surface area (Å²) in [6.45, 7) is 1.75. The molecule has 0 heterocycles. The fourth-order valence-corrected chi connectivity index (χ4v) is 3.72. The van der Waals surface area contributed by atoms with Gasteiger partial charge in [0.2, 0.25) is 10.0 Å². The van der Waals surface area contributed by atoms with E-state index in [-0.39, 0.29) is 17.1 Å². The Morgan fingerprint density at radius 2 is 1.88 bits per heavy atom. The molecule has 6 nitrogen and oxygen atoms in total. The van der Waals surface area contributed by atoms with Gasteiger partial charge in [-0.2, -0.15) is 4.72 Å². The van der Waals surface area contributed by atoms with Gasteiger partial charge < -0.3 is 9.84 Å². The zero-order valence-electron chi connectivity index (χ0n) is 13.4. The van der Waals surface area contributed by atoms with Gasteiger partial charge in [-0.05, 0) is 36.6 Å². The largest absolute Gasteiger partial charge is 0.495 e. The number of benzene rings is 2. The van der Waals surface area contributed by atoms with Crippen molar-refractivity contribution in [3.63, 3.8) is 0 Å². The molecule has 0 saturated carbocycles. The number of aryl methyl sites for hydroxylation is 1. The van der Waals surface area contributed by atoms with Gasteiger partial charge in [0, 0.05) is 0 Å². The van der Waals surface area contributed by atoms with Gasteiger partial charge in [-0.15, -0.1) is 0 Å². The number of nitrogens with one attached hydrogen (secondary N) is 1. The SMILES string of the molecule is COc1ccc(C)cc1S(=O)(=O)N[C@H](Cc1ccccc1)C(=O)O. The summed E-state index contributed by atoms with van der Waals surface area (Å²) in [6.07, 6.45) is 0.0452. The Kier molecular flexibility index (Phi) is 5.58. The van der Waals surface area contributed by atoms with E-state index in [9.17, 15) is 18.3 Å². The third-order valence-corrected chi connectivity index (χ3v) is 4.98. The molecule has 0 amide bonds. The quantitative estimate of drug-likeness (QED) is 0.797. The number of carboxylic acid groups (broad SMARTS) is 1. The Labute approximate surface area is 141 Å². The van der Waals surface area contributed by atoms with Gasteiger partial charge in [0.1, 0.15) is 16.7 Å². The van der Waals surface area contributed by atoms with E-state index in [4.69, 9.17) is 4.74 Å². The van der Waals surface area contributed by atoms with Gasteiger partial charge in [0.05, 0.1) is 7.11 Å². The number of methoxy groups -OCH3 is 1. The average molecular weight is 349 g/mol. The lowest BCUT2D eigenvalue weighted by Gasteiger charge is -2.17. The van der Waals surface area contributed by atoms with Crippen LogP contribution in [0.4, 0.5) is 0 Å². The molecule has 0 unspecified atom stereocenters. The van der Waals surface area contributed by atoms with Crippen molar-refractivity contribution in [1.82, 2.24) is 4.72 Å². The van der Waals surface area contributed by atoms with E-state index in [1.165, 1.54) is 19.2 Å². The van der Waals surface area contributed by atoms with E-state index in [1.807, 2.05) is 0 Å². The second-order valence-electron chi connectivity index (χ2n) is 5.36. The molecular weight excluding hydrogens is 330 g/mol. The van der Waals surface area contributed by atoms with Crippen LogP contribution in [0.5, 0.6) is 5.75 Å². The summed E-state index contributed by atoms with van der Waals surface area (Å²) < 4.78 is 32.6. The first-order valence-electron chi connectivity index (χ1n) is 7.27. The van der Waals surface area contributed by atoms with E-state index in [2.05, 4.69) is 4.72 Å². The molecular formula is C17H19NO5S. The normalized spacial score (nSPS) is 12.6. The van der Waals surface area contributed by atoms with E-state index in [0.29, 0.717) is 0 Å². The molecule has 128 valence electrons. The van der Waals surface area contributed by atoms with Crippen LogP contribution in [0.25, 0.3) is 0 Å². The molecule has 0 radical (unpaired) electrons. The highest BCUT2D eigenvalue weighted by molar-refractivity contribution is 7.89. The summed E-state index contributed by atoms with van der Waals surface area (Å²) in [5.74, 6) is -1.08. The maximum atomic E-state index is 12.6. The van der Waals surface area contributed by atoms with Gasteiger partial charge in [-0.3, -0.25) is 4.79 Å². The summed E-state index contributed by atoms with van der Waals surface area (Å²) >= 11 is 0. The van der Waals surface area contributed by atoms with Crippen molar-refractivity contribution in [2.75, 3.05) is 7.11 Å². The predicted octanol–water partition coefficient (Wildman–Crippen LogP) is 1.98. The monoisotopic (exact) mass is 349 g/mol. The van der Waals surface area contributed by atoms with Crippen LogP contribution >= 0.6 is 0 Å². The number of hydrogen-bond acceptors (Lipinski definition) is 4. The molecule has 0 bridgehead atoms. The molecule has 0 saturated heterocycles. The predicted molar refractivity (Wildman–Crippen MR) is 89.6 cm³/mol. The van der Waals surface area contributed by atoms with Crippen LogP contribution in [-0.4, -0.2) is 32.6 Å². The summed E-state index contributed by atoms with van der Waals surface area (Å²) in [4.78, 5) is 11.4. The van der Waals surface area contributed by atoms with Gasteiger partial charge in [-0.1, -0.05) is 36.4 Å². The van der Waals surface area contributed by atoms with Crippen molar-refractivity contribution in [3.05, 3.63) is 59.7 Å². The van der Waals surface area contributed by atoms with Crippen molar-refractivity contribution < 1.29 is 23.1 Å². The van der Waals surface area contributed by atoms with E-state index < -0.39 is 22.0 Å². The summed E-state index contributed by atoms with van der Waals surface area (Å²) in [6, 6.07) is 12.3. The van der Waals surface area contributed by atoms with Gasteiger partial charge in [0.25, 0.3) is 0 Å². The highest BCUT2D eigenvalue weighted by atomic mass is 32.2. The number of carbonyl (C=O) groups is 1. The van der Waals surface area contributed by atoms with Crippen molar-refractivity contribution in [1.29, 1.82) is 0 Å². The fourth-order valence-electron chi connectivity index (χ4n) is 2.27. The average Bonchev–Trinajstić information content (AvgIpc) is 2.55. The fraction of sp³-hybridized carbons (Fsp3) is 0.235. The third-order valence-electron chi connectivity index (χ3n) is 3.49. The Morgan fingerprint density at radius 3 is 2.46 bits per heavy atom. The van der Waals surface area contributed by atoms with Gasteiger partial charge >= 0.3 is 5.97 Å². The molecule has 0 aromatic heterocycles. The molecule has 24 heavy (non-hydrogen) atoms. The molecule has 7 heteroatoms. The molecule has 0 spiro atoms. The molecule has 1 atom stereocenters. The molecule has 2 aromatic rings. The topological polar surface area (TPSA) is 92.7 Å². The lowest BCUT2D eigenvalue weighted by molar-refractivity contribution is -0.138. The van der Waals surface area contributed by atoms with Crippen molar-refractivity contribution >= 4 is 16.0 Å². The molecule has 0 aliphatic carbocycles. The van der Waals surface area contributed by atoms with Gasteiger partial charge in [0.15, 0.2) is 0 Å². The highest BCUT2D eigenvalue weighted by Crippen LogP contribution is 2.25. The van der Waals surface area contributed by atoms with E-state index in [0.717, 1.165) is 11.1 Å². The number of aliphatic carboxylic acids is 1. The molecule has 2 N–H and O–H groups in total. The second kappa shape index (κ2) is 7.46.